The summed E-state index contributed by atoms with van der Waals surface area (Å²) >= 11 is 0. The van der Waals surface area contributed by atoms with Crippen molar-refractivity contribution in [2.45, 2.75) is 45.6 Å². The Morgan fingerprint density at radius 1 is 1.36 bits per heavy atom. The van der Waals surface area contributed by atoms with E-state index in [0.29, 0.717) is 36.8 Å². The highest BCUT2D eigenvalue weighted by atomic mass is 16.4. The van der Waals surface area contributed by atoms with E-state index in [1.807, 2.05) is 13.8 Å². The number of hydrogen-bond acceptors (Lipinski definition) is 4. The molecular formula is C17H22N4O4. The molecule has 0 aromatic carbocycles. The molecule has 1 saturated heterocycles. The van der Waals surface area contributed by atoms with Gasteiger partial charge in [-0.2, -0.15) is 0 Å². The number of fused-ring (bicyclic) bond motifs is 1. The molecule has 134 valence electrons. The number of aliphatic carboxylic acids is 1. The van der Waals surface area contributed by atoms with Gasteiger partial charge in [0, 0.05) is 25.7 Å². The first-order valence-electron chi connectivity index (χ1n) is 8.38. The van der Waals surface area contributed by atoms with Crippen molar-refractivity contribution in [3.63, 3.8) is 0 Å². The third-order valence-electron chi connectivity index (χ3n) is 5.02. The first kappa shape index (κ1) is 17.2. The van der Waals surface area contributed by atoms with Crippen LogP contribution in [0.15, 0.2) is 4.79 Å². The van der Waals surface area contributed by atoms with E-state index in [2.05, 4.69) is 10.1 Å². The number of carbonyl (C=O) groups excluding carboxylic acids is 1. The van der Waals surface area contributed by atoms with Crippen LogP contribution in [0.3, 0.4) is 0 Å². The Morgan fingerprint density at radius 3 is 2.76 bits per heavy atom. The molecule has 0 spiro atoms. The minimum absolute atomic E-state index is 0.141. The maximum atomic E-state index is 12.5. The number of hydrogen-bond donors (Lipinski definition) is 2. The monoisotopic (exact) mass is 346 g/mol. The zero-order valence-electron chi connectivity index (χ0n) is 14.6. The number of H-pyrrole nitrogens is 1. The number of rotatable bonds is 4. The van der Waals surface area contributed by atoms with Crippen molar-refractivity contribution in [2.24, 2.45) is 7.05 Å². The molecule has 3 heterocycles. The first-order valence-corrected chi connectivity index (χ1v) is 8.38. The molecule has 1 aliphatic heterocycles. The van der Waals surface area contributed by atoms with E-state index >= 15 is 0 Å². The van der Waals surface area contributed by atoms with Crippen LogP contribution in [-0.4, -0.2) is 49.2 Å². The van der Waals surface area contributed by atoms with Gasteiger partial charge in [0.1, 0.15) is 6.04 Å². The zero-order chi connectivity index (χ0) is 18.3. The maximum Gasteiger partial charge on any atom is 0.326 e. The molecule has 0 radical (unpaired) electrons. The number of amides is 1. The molecule has 2 N–H and O–H groups in total. The van der Waals surface area contributed by atoms with Gasteiger partial charge in [-0.3, -0.25) is 19.4 Å². The van der Waals surface area contributed by atoms with Gasteiger partial charge in [-0.15, -0.1) is 0 Å². The van der Waals surface area contributed by atoms with E-state index in [9.17, 15) is 19.5 Å². The second-order valence-corrected chi connectivity index (χ2v) is 6.58. The number of carboxylic acid groups (broad SMARTS) is 1. The van der Waals surface area contributed by atoms with E-state index < -0.39 is 12.0 Å². The molecule has 3 rings (SSSR count). The van der Waals surface area contributed by atoms with Crippen molar-refractivity contribution in [2.75, 3.05) is 6.54 Å². The van der Waals surface area contributed by atoms with Gasteiger partial charge in [-0.25, -0.2) is 9.78 Å². The predicted octanol–water partition coefficient (Wildman–Crippen LogP) is 0.887. The average Bonchev–Trinajstić information content (AvgIpc) is 3.13. The molecule has 0 saturated carbocycles. The lowest BCUT2D eigenvalue weighted by atomic mass is 10.00. The van der Waals surface area contributed by atoms with Crippen LogP contribution in [0.25, 0.3) is 11.0 Å². The SMILES string of the molecule is Cc1nc2[nH]n(C)c(=O)c2c(C)c1CCC(=O)N1CCC[C@@H]1C(=O)O. The molecule has 0 aliphatic carbocycles. The number of aromatic nitrogens is 3. The van der Waals surface area contributed by atoms with Gasteiger partial charge >= 0.3 is 5.97 Å². The van der Waals surface area contributed by atoms with Crippen molar-refractivity contribution in [1.82, 2.24) is 19.7 Å². The molecule has 0 unspecified atom stereocenters. The second-order valence-electron chi connectivity index (χ2n) is 6.58. The highest BCUT2D eigenvalue weighted by Gasteiger charge is 2.33. The number of nitrogens with one attached hydrogen (secondary N) is 1. The van der Waals surface area contributed by atoms with Crippen LogP contribution in [0.4, 0.5) is 0 Å². The fraction of sp³-hybridized carbons (Fsp3) is 0.529. The lowest BCUT2D eigenvalue weighted by Gasteiger charge is -2.21. The molecule has 1 atom stereocenters. The Balaban J connectivity index is 1.84. The summed E-state index contributed by atoms with van der Waals surface area (Å²) < 4.78 is 1.39. The molecule has 8 nitrogen and oxygen atoms in total. The summed E-state index contributed by atoms with van der Waals surface area (Å²) in [6.07, 6.45) is 1.87. The Hall–Kier alpha value is -2.64. The van der Waals surface area contributed by atoms with Gasteiger partial charge in [0.2, 0.25) is 5.91 Å². The first-order chi connectivity index (χ1) is 11.8. The number of likely N-dealkylation sites (tertiary alicyclic amines) is 1. The second kappa shape index (κ2) is 6.34. The van der Waals surface area contributed by atoms with E-state index in [1.165, 1.54) is 9.58 Å². The summed E-state index contributed by atoms with van der Waals surface area (Å²) in [5, 5.41) is 12.7. The molecule has 0 bridgehead atoms. The van der Waals surface area contributed by atoms with Gasteiger partial charge < -0.3 is 10.0 Å². The lowest BCUT2D eigenvalue weighted by Crippen LogP contribution is -2.40. The zero-order valence-corrected chi connectivity index (χ0v) is 14.6. The fourth-order valence-electron chi connectivity index (χ4n) is 3.68. The van der Waals surface area contributed by atoms with Gasteiger partial charge in [-0.1, -0.05) is 0 Å². The third-order valence-corrected chi connectivity index (χ3v) is 5.02. The molecule has 1 fully saturated rings. The predicted molar refractivity (Wildman–Crippen MR) is 91.5 cm³/mol. The molecular weight excluding hydrogens is 324 g/mol. The normalized spacial score (nSPS) is 17.4. The molecule has 1 aliphatic rings. The quantitative estimate of drug-likeness (QED) is 0.854. The van der Waals surface area contributed by atoms with Crippen LogP contribution >= 0.6 is 0 Å². The van der Waals surface area contributed by atoms with Gasteiger partial charge in [-0.05, 0) is 44.2 Å². The summed E-state index contributed by atoms with van der Waals surface area (Å²) in [6, 6.07) is -0.715. The van der Waals surface area contributed by atoms with E-state index in [0.717, 1.165) is 16.8 Å². The largest absolute Gasteiger partial charge is 0.480 e. The van der Waals surface area contributed by atoms with E-state index in [1.54, 1.807) is 7.05 Å². The Bertz CT molecular complexity index is 911. The topological polar surface area (TPSA) is 108 Å². The average molecular weight is 346 g/mol. The van der Waals surface area contributed by atoms with Crippen LogP contribution in [0.1, 0.15) is 36.1 Å². The molecule has 25 heavy (non-hydrogen) atoms. The summed E-state index contributed by atoms with van der Waals surface area (Å²) in [5.74, 6) is -1.11. The number of nitrogens with zero attached hydrogens (tertiary/aromatic N) is 3. The number of aromatic amines is 1. The van der Waals surface area contributed by atoms with E-state index in [-0.39, 0.29) is 17.9 Å². The lowest BCUT2D eigenvalue weighted by molar-refractivity contribution is -0.148. The summed E-state index contributed by atoms with van der Waals surface area (Å²) in [7, 11) is 1.64. The van der Waals surface area contributed by atoms with Gasteiger partial charge in [0.05, 0.1) is 5.39 Å². The van der Waals surface area contributed by atoms with Crippen LogP contribution in [-0.2, 0) is 23.1 Å². The maximum absolute atomic E-state index is 12.5. The summed E-state index contributed by atoms with van der Waals surface area (Å²) in [4.78, 5) is 41.8. The number of carboxylic acids is 1. The molecule has 8 heteroatoms. The smallest absolute Gasteiger partial charge is 0.326 e. The van der Waals surface area contributed by atoms with Crippen molar-refractivity contribution in [3.8, 4) is 0 Å². The Morgan fingerprint density at radius 2 is 2.08 bits per heavy atom. The number of aryl methyl sites for hydroxylation is 3. The minimum atomic E-state index is -0.947. The van der Waals surface area contributed by atoms with Crippen LogP contribution in [0.2, 0.25) is 0 Å². The third kappa shape index (κ3) is 2.92. The van der Waals surface area contributed by atoms with Crippen molar-refractivity contribution in [3.05, 3.63) is 27.2 Å². The summed E-state index contributed by atoms with van der Waals surface area (Å²) in [6.45, 7) is 4.21. The molecule has 1 amide bonds. The van der Waals surface area contributed by atoms with E-state index in [4.69, 9.17) is 0 Å². The number of pyridine rings is 1. The van der Waals surface area contributed by atoms with Crippen molar-refractivity contribution >= 4 is 22.9 Å². The standard InChI is InChI=1S/C17H22N4O4/c1-9-11(10(2)18-15-14(9)16(23)20(3)19-15)6-7-13(22)21-8-4-5-12(21)17(24)25/h12H,4-8H2,1-3H3,(H,18,19)(H,24,25)/t12-/m1/s1. The molecule has 2 aromatic heterocycles. The summed E-state index contributed by atoms with van der Waals surface area (Å²) in [5.41, 5.74) is 2.88. The van der Waals surface area contributed by atoms with Gasteiger partial charge in [0.15, 0.2) is 5.65 Å². The van der Waals surface area contributed by atoms with Crippen molar-refractivity contribution in [1.29, 1.82) is 0 Å². The van der Waals surface area contributed by atoms with Crippen LogP contribution < -0.4 is 5.56 Å². The van der Waals surface area contributed by atoms with Gasteiger partial charge in [0.25, 0.3) is 5.56 Å². The van der Waals surface area contributed by atoms with Crippen molar-refractivity contribution < 1.29 is 14.7 Å². The highest BCUT2D eigenvalue weighted by Crippen LogP contribution is 2.23. The Labute approximate surface area is 144 Å². The highest BCUT2D eigenvalue weighted by molar-refractivity contribution is 5.85. The minimum Gasteiger partial charge on any atom is -0.480 e. The number of carbonyl (C=O) groups is 2. The van der Waals surface area contributed by atoms with Crippen LogP contribution in [0, 0.1) is 13.8 Å². The molecule has 2 aromatic rings. The van der Waals surface area contributed by atoms with Crippen LogP contribution in [0.5, 0.6) is 0 Å². The fourth-order valence-corrected chi connectivity index (χ4v) is 3.68. The Kier molecular flexibility index (Phi) is 4.36.